The summed E-state index contributed by atoms with van der Waals surface area (Å²) in [6.45, 7) is 4.56. The Morgan fingerprint density at radius 3 is 0.929 bits per heavy atom. The number of rotatable bonds is 9. The first-order valence-corrected chi connectivity index (χ1v) is 6.49. The van der Waals surface area contributed by atoms with Crippen LogP contribution in [0.3, 0.4) is 0 Å². The SMILES string of the molecule is CCCCCCCCCCCC.CN. The third kappa shape index (κ3) is 17.9. The largest absolute Gasteiger partial charge is 0.333 e. The van der Waals surface area contributed by atoms with Crippen molar-refractivity contribution in [2.45, 2.75) is 78.1 Å². The summed E-state index contributed by atoms with van der Waals surface area (Å²) in [6, 6.07) is 0. The first kappa shape index (κ1) is 16.4. The lowest BCUT2D eigenvalue weighted by Crippen LogP contribution is -1.80. The lowest BCUT2D eigenvalue weighted by atomic mass is 10.1. The maximum atomic E-state index is 4.50. The maximum Gasteiger partial charge on any atom is -0.0195 e. The Balaban J connectivity index is 0. The molecule has 0 aliphatic carbocycles. The Bertz CT molecular complexity index is 61.6. The highest BCUT2D eigenvalue weighted by Gasteiger charge is 1.90. The van der Waals surface area contributed by atoms with Crippen LogP contribution in [0.1, 0.15) is 78.1 Å². The zero-order chi connectivity index (χ0) is 11.1. The van der Waals surface area contributed by atoms with Gasteiger partial charge in [-0.05, 0) is 7.05 Å². The molecule has 0 rings (SSSR count). The number of hydrogen-bond donors (Lipinski definition) is 1. The average molecular weight is 201 g/mol. The van der Waals surface area contributed by atoms with Crippen LogP contribution in [0.5, 0.6) is 0 Å². The fourth-order valence-electron chi connectivity index (χ4n) is 1.56. The second-order valence-electron chi connectivity index (χ2n) is 3.83. The van der Waals surface area contributed by atoms with Gasteiger partial charge in [-0.25, -0.2) is 0 Å². The van der Waals surface area contributed by atoms with Crippen molar-refractivity contribution < 1.29 is 0 Å². The molecule has 14 heavy (non-hydrogen) atoms. The molecule has 0 atom stereocenters. The van der Waals surface area contributed by atoms with Gasteiger partial charge in [-0.15, -0.1) is 0 Å². The zero-order valence-corrected chi connectivity index (χ0v) is 10.6. The van der Waals surface area contributed by atoms with Crippen LogP contribution in [0.4, 0.5) is 0 Å². The quantitative estimate of drug-likeness (QED) is 0.546. The summed E-state index contributed by atoms with van der Waals surface area (Å²) in [5, 5.41) is 0. The van der Waals surface area contributed by atoms with E-state index in [1.165, 1.54) is 71.3 Å². The predicted molar refractivity (Wildman–Crippen MR) is 67.6 cm³/mol. The van der Waals surface area contributed by atoms with Gasteiger partial charge in [-0.3, -0.25) is 0 Å². The molecule has 0 bridgehead atoms. The average Bonchev–Trinajstić information content (AvgIpc) is 2.25. The van der Waals surface area contributed by atoms with E-state index in [4.69, 9.17) is 0 Å². The highest BCUT2D eigenvalue weighted by molar-refractivity contribution is 4.45. The van der Waals surface area contributed by atoms with Crippen LogP contribution < -0.4 is 5.73 Å². The monoisotopic (exact) mass is 201 g/mol. The van der Waals surface area contributed by atoms with Crippen molar-refractivity contribution in [3.63, 3.8) is 0 Å². The van der Waals surface area contributed by atoms with E-state index in [-0.39, 0.29) is 0 Å². The van der Waals surface area contributed by atoms with Gasteiger partial charge in [0.05, 0.1) is 0 Å². The van der Waals surface area contributed by atoms with E-state index in [9.17, 15) is 0 Å². The molecule has 0 saturated heterocycles. The number of unbranched alkanes of at least 4 members (excludes halogenated alkanes) is 9. The van der Waals surface area contributed by atoms with Crippen LogP contribution in [0.15, 0.2) is 0 Å². The van der Waals surface area contributed by atoms with Crippen LogP contribution >= 0.6 is 0 Å². The van der Waals surface area contributed by atoms with Crippen LogP contribution in [-0.4, -0.2) is 7.05 Å². The topological polar surface area (TPSA) is 26.0 Å². The second kappa shape index (κ2) is 18.7. The van der Waals surface area contributed by atoms with Crippen LogP contribution in [0.2, 0.25) is 0 Å². The molecule has 0 aromatic heterocycles. The molecule has 0 aromatic rings. The molecule has 1 heteroatoms. The smallest absolute Gasteiger partial charge is 0.0195 e. The number of hydrogen-bond acceptors (Lipinski definition) is 1. The van der Waals surface area contributed by atoms with Gasteiger partial charge in [0.25, 0.3) is 0 Å². The summed E-state index contributed by atoms with van der Waals surface area (Å²) in [4.78, 5) is 0. The Kier molecular flexibility index (Phi) is 21.9. The lowest BCUT2D eigenvalue weighted by Gasteiger charge is -1.99. The van der Waals surface area contributed by atoms with Crippen LogP contribution in [0, 0.1) is 0 Å². The molecular weight excluding hydrogens is 170 g/mol. The second-order valence-corrected chi connectivity index (χ2v) is 3.83. The van der Waals surface area contributed by atoms with Gasteiger partial charge in [0, 0.05) is 0 Å². The first-order chi connectivity index (χ1) is 6.91. The highest BCUT2D eigenvalue weighted by Crippen LogP contribution is 2.09. The third-order valence-electron chi connectivity index (χ3n) is 2.46. The standard InChI is InChI=1S/C12H26.CH5N/c1-3-5-7-9-11-12-10-8-6-4-2;1-2/h3-12H2,1-2H3;2H2,1H3. The molecule has 0 unspecified atom stereocenters. The Labute approximate surface area is 91.5 Å². The molecule has 0 radical (unpaired) electrons. The molecule has 0 amide bonds. The van der Waals surface area contributed by atoms with Crippen molar-refractivity contribution in [1.29, 1.82) is 0 Å². The molecule has 0 aliphatic rings. The van der Waals surface area contributed by atoms with E-state index >= 15 is 0 Å². The van der Waals surface area contributed by atoms with E-state index in [0.717, 1.165) is 0 Å². The Hall–Kier alpha value is -0.0400. The number of nitrogens with two attached hydrogens (primary N) is 1. The minimum absolute atomic E-state index is 1.37. The van der Waals surface area contributed by atoms with Gasteiger partial charge in [-0.1, -0.05) is 78.1 Å². The normalized spacial score (nSPS) is 9.43. The maximum absolute atomic E-state index is 4.50. The fraction of sp³-hybridized carbons (Fsp3) is 1.00. The van der Waals surface area contributed by atoms with E-state index in [0.29, 0.717) is 0 Å². The molecule has 0 saturated carbocycles. The van der Waals surface area contributed by atoms with Crippen molar-refractivity contribution >= 4 is 0 Å². The summed E-state index contributed by atoms with van der Waals surface area (Å²) < 4.78 is 0. The summed E-state index contributed by atoms with van der Waals surface area (Å²) in [7, 11) is 1.50. The highest BCUT2D eigenvalue weighted by atomic mass is 14.4. The minimum Gasteiger partial charge on any atom is -0.333 e. The Morgan fingerprint density at radius 2 is 0.714 bits per heavy atom. The zero-order valence-electron chi connectivity index (χ0n) is 10.6. The fourth-order valence-corrected chi connectivity index (χ4v) is 1.56. The van der Waals surface area contributed by atoms with E-state index in [1.54, 1.807) is 0 Å². The summed E-state index contributed by atoms with van der Waals surface area (Å²) >= 11 is 0. The molecule has 2 N–H and O–H groups in total. The molecule has 0 aromatic carbocycles. The molecule has 0 fully saturated rings. The van der Waals surface area contributed by atoms with Gasteiger partial charge in [0.1, 0.15) is 0 Å². The van der Waals surface area contributed by atoms with Crippen LogP contribution in [0.25, 0.3) is 0 Å². The lowest BCUT2D eigenvalue weighted by molar-refractivity contribution is 0.562. The van der Waals surface area contributed by atoms with E-state index in [1.807, 2.05) is 0 Å². The van der Waals surface area contributed by atoms with E-state index < -0.39 is 0 Å². The van der Waals surface area contributed by atoms with Crippen molar-refractivity contribution in [3.05, 3.63) is 0 Å². The van der Waals surface area contributed by atoms with Gasteiger partial charge >= 0.3 is 0 Å². The third-order valence-corrected chi connectivity index (χ3v) is 2.46. The van der Waals surface area contributed by atoms with Gasteiger partial charge < -0.3 is 5.73 Å². The molecule has 1 nitrogen and oxygen atoms in total. The van der Waals surface area contributed by atoms with Crippen molar-refractivity contribution in [1.82, 2.24) is 0 Å². The van der Waals surface area contributed by atoms with Crippen LogP contribution in [-0.2, 0) is 0 Å². The van der Waals surface area contributed by atoms with Gasteiger partial charge in [0.2, 0.25) is 0 Å². The van der Waals surface area contributed by atoms with Gasteiger partial charge in [-0.2, -0.15) is 0 Å². The van der Waals surface area contributed by atoms with Crippen molar-refractivity contribution in [3.8, 4) is 0 Å². The van der Waals surface area contributed by atoms with Crippen molar-refractivity contribution in [2.24, 2.45) is 5.73 Å². The summed E-state index contributed by atoms with van der Waals surface area (Å²) in [6.07, 6.45) is 14.4. The van der Waals surface area contributed by atoms with Crippen molar-refractivity contribution in [2.75, 3.05) is 7.05 Å². The van der Waals surface area contributed by atoms with E-state index in [2.05, 4.69) is 19.6 Å². The molecule has 88 valence electrons. The summed E-state index contributed by atoms with van der Waals surface area (Å²) in [5.41, 5.74) is 4.50. The molecular formula is C13H31N. The summed E-state index contributed by atoms with van der Waals surface area (Å²) in [5.74, 6) is 0. The minimum atomic E-state index is 1.37. The Morgan fingerprint density at radius 1 is 0.500 bits per heavy atom. The molecule has 0 heterocycles. The molecule has 0 aliphatic heterocycles. The van der Waals surface area contributed by atoms with Gasteiger partial charge in [0.15, 0.2) is 0 Å². The predicted octanol–water partition coefficient (Wildman–Crippen LogP) is 4.50. The first-order valence-electron chi connectivity index (χ1n) is 6.49. The molecule has 0 spiro atoms.